The molecule has 5 rings (SSSR count). The number of amides is 1. The molecule has 3 heterocycles. The van der Waals surface area contributed by atoms with Crippen LogP contribution >= 0.6 is 11.6 Å². The maximum absolute atomic E-state index is 15.1. The standard InChI is InChI=1S/C28H30ClF2N5O2/c1-34-27(37)11-10-26(33-34)35-16-22(21-9-8-20(30)14-24(21)31)23(17-35)28(38)36-13-3-2-12-32-15-25(36)18-4-6-19(29)7-5-18/h4-11,14,22-23,25,32H,2-3,12-13,15-17H2,1H3/t22-,23+,25?/m0/s1. The highest BCUT2D eigenvalue weighted by Crippen LogP contribution is 2.39. The third kappa shape index (κ3) is 5.44. The molecule has 2 aromatic carbocycles. The van der Waals surface area contributed by atoms with Crippen molar-refractivity contribution in [2.75, 3.05) is 37.6 Å². The molecule has 2 saturated heterocycles. The van der Waals surface area contributed by atoms with Crippen molar-refractivity contribution < 1.29 is 13.6 Å². The molecule has 0 radical (unpaired) electrons. The van der Waals surface area contributed by atoms with Crippen LogP contribution in [0.15, 0.2) is 59.4 Å². The minimum Gasteiger partial charge on any atom is -0.354 e. The second-order valence-corrected chi connectivity index (χ2v) is 10.4. The number of rotatable bonds is 4. The average Bonchev–Trinajstić information content (AvgIpc) is 3.31. The van der Waals surface area contributed by atoms with Gasteiger partial charge in [0.2, 0.25) is 5.91 Å². The van der Waals surface area contributed by atoms with Crippen LogP contribution in [0.5, 0.6) is 0 Å². The van der Waals surface area contributed by atoms with Gasteiger partial charge in [-0.1, -0.05) is 29.8 Å². The first-order valence-electron chi connectivity index (χ1n) is 12.8. The quantitative estimate of drug-likeness (QED) is 0.543. The van der Waals surface area contributed by atoms with E-state index in [-0.39, 0.29) is 17.5 Å². The molecule has 38 heavy (non-hydrogen) atoms. The second-order valence-electron chi connectivity index (χ2n) is 9.95. The highest BCUT2D eigenvalue weighted by molar-refractivity contribution is 6.30. The van der Waals surface area contributed by atoms with E-state index in [9.17, 15) is 14.0 Å². The van der Waals surface area contributed by atoms with Crippen molar-refractivity contribution in [1.82, 2.24) is 20.0 Å². The zero-order valence-corrected chi connectivity index (χ0v) is 21.9. The van der Waals surface area contributed by atoms with Crippen LogP contribution in [0.2, 0.25) is 5.02 Å². The average molecular weight is 542 g/mol. The van der Waals surface area contributed by atoms with Crippen molar-refractivity contribution >= 4 is 23.3 Å². The topological polar surface area (TPSA) is 70.5 Å². The minimum absolute atomic E-state index is 0.0882. The zero-order valence-electron chi connectivity index (χ0n) is 21.1. The third-order valence-corrected chi connectivity index (χ3v) is 7.78. The maximum Gasteiger partial charge on any atom is 0.266 e. The molecule has 3 atom stereocenters. The van der Waals surface area contributed by atoms with Crippen LogP contribution in [0.1, 0.15) is 35.9 Å². The summed E-state index contributed by atoms with van der Waals surface area (Å²) in [6.07, 6.45) is 1.77. The summed E-state index contributed by atoms with van der Waals surface area (Å²) >= 11 is 6.13. The summed E-state index contributed by atoms with van der Waals surface area (Å²) in [4.78, 5) is 30.0. The molecule has 1 N–H and O–H groups in total. The molecule has 2 aliphatic rings. The summed E-state index contributed by atoms with van der Waals surface area (Å²) < 4.78 is 30.1. The van der Waals surface area contributed by atoms with Gasteiger partial charge in [0.25, 0.3) is 5.56 Å². The molecular formula is C28H30ClF2N5O2. The molecule has 7 nitrogen and oxygen atoms in total. The van der Waals surface area contributed by atoms with Gasteiger partial charge in [-0.3, -0.25) is 9.59 Å². The minimum atomic E-state index is -0.674. The Balaban J connectivity index is 1.52. The van der Waals surface area contributed by atoms with Crippen molar-refractivity contribution in [3.63, 3.8) is 0 Å². The van der Waals surface area contributed by atoms with Crippen molar-refractivity contribution in [3.8, 4) is 0 Å². The number of aryl methyl sites for hydroxylation is 1. The molecule has 1 amide bonds. The number of aromatic nitrogens is 2. The summed E-state index contributed by atoms with van der Waals surface area (Å²) in [5.41, 5.74) is 1.02. The summed E-state index contributed by atoms with van der Waals surface area (Å²) in [6, 6.07) is 13.8. The van der Waals surface area contributed by atoms with Crippen LogP contribution in [0.25, 0.3) is 0 Å². The van der Waals surface area contributed by atoms with Crippen LogP contribution in [-0.4, -0.2) is 53.3 Å². The smallest absolute Gasteiger partial charge is 0.266 e. The maximum atomic E-state index is 15.1. The monoisotopic (exact) mass is 541 g/mol. The van der Waals surface area contributed by atoms with Gasteiger partial charge < -0.3 is 15.1 Å². The van der Waals surface area contributed by atoms with Crippen molar-refractivity contribution in [3.05, 3.63) is 92.7 Å². The van der Waals surface area contributed by atoms with Crippen molar-refractivity contribution in [2.45, 2.75) is 24.8 Å². The van der Waals surface area contributed by atoms with E-state index in [1.165, 1.54) is 22.9 Å². The fourth-order valence-electron chi connectivity index (χ4n) is 5.51. The summed E-state index contributed by atoms with van der Waals surface area (Å²) in [5, 5.41) is 8.42. The Kier molecular flexibility index (Phi) is 7.76. The summed E-state index contributed by atoms with van der Waals surface area (Å²) in [7, 11) is 1.56. The van der Waals surface area contributed by atoms with Gasteiger partial charge in [-0.15, -0.1) is 0 Å². The van der Waals surface area contributed by atoms with E-state index in [2.05, 4.69) is 10.4 Å². The lowest BCUT2D eigenvalue weighted by atomic mass is 9.86. The van der Waals surface area contributed by atoms with E-state index in [0.29, 0.717) is 42.6 Å². The van der Waals surface area contributed by atoms with Gasteiger partial charge in [0.1, 0.15) is 17.5 Å². The normalized spacial score (nSPS) is 22.3. The van der Waals surface area contributed by atoms with Crippen LogP contribution in [0, 0.1) is 17.6 Å². The van der Waals surface area contributed by atoms with E-state index in [0.717, 1.165) is 31.0 Å². The number of anilines is 1. The van der Waals surface area contributed by atoms with Gasteiger partial charge in [-0.25, -0.2) is 13.5 Å². The number of halogens is 3. The molecule has 0 aliphatic carbocycles. The number of carbonyl (C=O) groups is 1. The van der Waals surface area contributed by atoms with Crippen molar-refractivity contribution in [2.24, 2.45) is 13.0 Å². The number of hydrogen-bond donors (Lipinski definition) is 1. The van der Waals surface area contributed by atoms with Gasteiger partial charge >= 0.3 is 0 Å². The predicted octanol–water partition coefficient (Wildman–Crippen LogP) is 3.89. The zero-order chi connectivity index (χ0) is 26.8. The number of benzene rings is 2. The first-order chi connectivity index (χ1) is 18.3. The number of nitrogens with zero attached hydrogens (tertiary/aromatic N) is 4. The van der Waals surface area contributed by atoms with E-state index >= 15 is 4.39 Å². The third-order valence-electron chi connectivity index (χ3n) is 7.52. The fourth-order valence-corrected chi connectivity index (χ4v) is 5.64. The van der Waals surface area contributed by atoms with Gasteiger partial charge in [-0.2, -0.15) is 5.10 Å². The molecule has 2 fully saturated rings. The predicted molar refractivity (Wildman–Crippen MR) is 142 cm³/mol. The highest BCUT2D eigenvalue weighted by atomic mass is 35.5. The molecule has 10 heteroatoms. The molecule has 1 unspecified atom stereocenters. The Labute approximate surface area is 225 Å². The number of carbonyl (C=O) groups excluding carboxylic acids is 1. The van der Waals surface area contributed by atoms with Gasteiger partial charge in [-0.05, 0) is 54.8 Å². The largest absolute Gasteiger partial charge is 0.354 e. The van der Waals surface area contributed by atoms with Gasteiger partial charge in [0.05, 0.1) is 12.0 Å². The molecule has 2 aliphatic heterocycles. The van der Waals surface area contributed by atoms with Gasteiger partial charge in [0, 0.05) is 56.3 Å². The van der Waals surface area contributed by atoms with Crippen LogP contribution in [0.3, 0.4) is 0 Å². The summed E-state index contributed by atoms with van der Waals surface area (Å²) in [6.45, 7) is 2.62. The Hall–Kier alpha value is -3.30. The van der Waals surface area contributed by atoms with Crippen LogP contribution < -0.4 is 15.8 Å². The molecule has 0 spiro atoms. The fraction of sp³-hybridized carbons (Fsp3) is 0.393. The van der Waals surface area contributed by atoms with E-state index in [1.807, 2.05) is 34.1 Å². The Bertz CT molecular complexity index is 1370. The second kappa shape index (κ2) is 11.2. The van der Waals surface area contributed by atoms with E-state index in [1.54, 1.807) is 13.1 Å². The van der Waals surface area contributed by atoms with E-state index in [4.69, 9.17) is 11.6 Å². The van der Waals surface area contributed by atoms with Crippen LogP contribution in [-0.2, 0) is 11.8 Å². The Morgan fingerprint density at radius 3 is 2.58 bits per heavy atom. The lowest BCUT2D eigenvalue weighted by molar-refractivity contribution is -0.138. The lowest BCUT2D eigenvalue weighted by Crippen LogP contribution is -2.46. The number of nitrogens with one attached hydrogen (secondary N) is 1. The lowest BCUT2D eigenvalue weighted by Gasteiger charge is -2.37. The SMILES string of the molecule is Cn1nc(N2C[C@@H](C(=O)N3CCCCNCC3c3ccc(Cl)cc3)[C@H](c3ccc(F)cc3F)C2)ccc1=O. The number of hydrogen-bond acceptors (Lipinski definition) is 5. The van der Waals surface area contributed by atoms with Crippen molar-refractivity contribution in [1.29, 1.82) is 0 Å². The van der Waals surface area contributed by atoms with Crippen LogP contribution in [0.4, 0.5) is 14.6 Å². The molecule has 0 saturated carbocycles. The molecule has 0 bridgehead atoms. The Morgan fingerprint density at radius 1 is 1.05 bits per heavy atom. The highest BCUT2D eigenvalue weighted by Gasteiger charge is 2.43. The first-order valence-corrected chi connectivity index (χ1v) is 13.2. The molecular weight excluding hydrogens is 512 g/mol. The molecule has 3 aromatic rings. The first kappa shape index (κ1) is 26.3. The summed E-state index contributed by atoms with van der Waals surface area (Å²) in [5.74, 6) is -2.02. The molecule has 200 valence electrons. The van der Waals surface area contributed by atoms with E-state index < -0.39 is 23.5 Å². The van der Waals surface area contributed by atoms with Gasteiger partial charge in [0.15, 0.2) is 0 Å². The molecule has 1 aromatic heterocycles. The Morgan fingerprint density at radius 2 is 1.84 bits per heavy atom.